The van der Waals surface area contributed by atoms with E-state index in [0.717, 1.165) is 5.56 Å². The first-order valence-corrected chi connectivity index (χ1v) is 11.4. The van der Waals surface area contributed by atoms with Gasteiger partial charge in [-0.25, -0.2) is 4.79 Å². The summed E-state index contributed by atoms with van der Waals surface area (Å²) in [6.45, 7) is 4.84. The van der Waals surface area contributed by atoms with E-state index in [-0.39, 0.29) is 36.8 Å². The van der Waals surface area contributed by atoms with Crippen molar-refractivity contribution in [2.24, 2.45) is 5.92 Å². The number of carbonyl (C=O) groups is 3. The zero-order chi connectivity index (χ0) is 25.7. The summed E-state index contributed by atoms with van der Waals surface area (Å²) in [5.74, 6) is -2.27. The third-order valence-electron chi connectivity index (χ3n) is 5.83. The minimum absolute atomic E-state index is 0.0214. The molecule has 0 spiro atoms. The molecular weight excluding hydrogens is 454 g/mol. The number of para-hydroxylation sites is 1. The van der Waals surface area contributed by atoms with E-state index in [0.29, 0.717) is 5.56 Å². The van der Waals surface area contributed by atoms with Crippen LogP contribution in [0, 0.1) is 16.0 Å². The summed E-state index contributed by atoms with van der Waals surface area (Å²) >= 11 is 0. The Morgan fingerprint density at radius 1 is 1.17 bits per heavy atom. The van der Waals surface area contributed by atoms with Gasteiger partial charge < -0.3 is 20.1 Å². The molecule has 0 saturated heterocycles. The van der Waals surface area contributed by atoms with E-state index in [4.69, 9.17) is 4.74 Å². The Hall–Kier alpha value is -3.95. The zero-order valence-electron chi connectivity index (χ0n) is 19.8. The van der Waals surface area contributed by atoms with Gasteiger partial charge in [-0.1, -0.05) is 56.3 Å². The molecule has 2 aromatic carbocycles. The van der Waals surface area contributed by atoms with Gasteiger partial charge in [0.15, 0.2) is 0 Å². The number of nitro benzene ring substituents is 1. The summed E-state index contributed by atoms with van der Waals surface area (Å²) < 4.78 is 5.63. The molecule has 1 aliphatic rings. The van der Waals surface area contributed by atoms with Crippen LogP contribution in [0.2, 0.25) is 0 Å². The van der Waals surface area contributed by atoms with Gasteiger partial charge >= 0.3 is 11.7 Å². The Balaban J connectivity index is 2.09. The number of amides is 2. The van der Waals surface area contributed by atoms with Gasteiger partial charge in [-0.3, -0.25) is 19.7 Å². The number of nitrogens with zero attached hydrogens (tertiary/aromatic N) is 2. The molecule has 10 heteroatoms. The fourth-order valence-corrected chi connectivity index (χ4v) is 4.37. The van der Waals surface area contributed by atoms with Crippen LogP contribution in [0.15, 0.2) is 48.5 Å². The van der Waals surface area contributed by atoms with Crippen LogP contribution in [0.4, 0.5) is 5.69 Å². The third-order valence-corrected chi connectivity index (χ3v) is 5.83. The normalized spacial score (nSPS) is 16.1. The second-order valence-corrected chi connectivity index (χ2v) is 8.95. The predicted molar refractivity (Wildman–Crippen MR) is 127 cm³/mol. The number of hydrogen-bond acceptors (Lipinski definition) is 6. The van der Waals surface area contributed by atoms with Crippen molar-refractivity contribution in [2.45, 2.75) is 51.7 Å². The molecule has 35 heavy (non-hydrogen) atoms. The second-order valence-electron chi connectivity index (χ2n) is 8.95. The standard InChI is InChI=1S/C25H29N3O7/c1-15(2)12-21(25(31)32)27(22-14-35-23-18(22)10-7-11-20(23)28(33)34)24(30)19(26-16(3)29)13-17-8-5-4-6-9-17/h4-11,15,19,21-22H,12-14H2,1-3H3,(H,26,29)(H,31,32)/t19?,21-,22+/m0/s1. The highest BCUT2D eigenvalue weighted by Crippen LogP contribution is 2.43. The number of carboxylic acids is 1. The highest BCUT2D eigenvalue weighted by Gasteiger charge is 2.44. The van der Waals surface area contributed by atoms with Crippen LogP contribution in [0.5, 0.6) is 5.75 Å². The maximum absolute atomic E-state index is 14.0. The molecule has 10 nitrogen and oxygen atoms in total. The molecular formula is C25H29N3O7. The molecule has 0 bridgehead atoms. The van der Waals surface area contributed by atoms with Crippen molar-refractivity contribution in [3.05, 3.63) is 69.8 Å². The first kappa shape index (κ1) is 25.7. The quantitative estimate of drug-likeness (QED) is 0.391. The van der Waals surface area contributed by atoms with Crippen molar-refractivity contribution in [2.75, 3.05) is 6.61 Å². The molecule has 0 aromatic heterocycles. The zero-order valence-corrected chi connectivity index (χ0v) is 19.8. The molecule has 3 rings (SSSR count). The van der Waals surface area contributed by atoms with Crippen molar-refractivity contribution in [1.29, 1.82) is 0 Å². The van der Waals surface area contributed by atoms with Crippen LogP contribution < -0.4 is 10.1 Å². The molecule has 1 unspecified atom stereocenters. The Morgan fingerprint density at radius 3 is 2.43 bits per heavy atom. The van der Waals surface area contributed by atoms with Gasteiger partial charge in [-0.05, 0) is 17.9 Å². The lowest BCUT2D eigenvalue weighted by molar-refractivity contribution is -0.385. The van der Waals surface area contributed by atoms with Crippen LogP contribution >= 0.6 is 0 Å². The highest BCUT2D eigenvalue weighted by atomic mass is 16.6. The largest absolute Gasteiger partial charge is 0.484 e. The van der Waals surface area contributed by atoms with Crippen molar-refractivity contribution >= 4 is 23.5 Å². The maximum Gasteiger partial charge on any atom is 0.326 e. The predicted octanol–water partition coefficient (Wildman–Crippen LogP) is 3.10. The van der Waals surface area contributed by atoms with E-state index in [1.165, 1.54) is 24.0 Å². The van der Waals surface area contributed by atoms with Crippen molar-refractivity contribution in [1.82, 2.24) is 10.2 Å². The molecule has 2 amide bonds. The fourth-order valence-electron chi connectivity index (χ4n) is 4.37. The topological polar surface area (TPSA) is 139 Å². The maximum atomic E-state index is 14.0. The van der Waals surface area contributed by atoms with Crippen molar-refractivity contribution < 1.29 is 29.2 Å². The van der Waals surface area contributed by atoms with E-state index in [2.05, 4.69) is 5.32 Å². The van der Waals surface area contributed by atoms with Gasteiger partial charge in [0.05, 0.1) is 11.0 Å². The summed E-state index contributed by atoms with van der Waals surface area (Å²) in [4.78, 5) is 50.5. The number of hydrogen-bond donors (Lipinski definition) is 2. The van der Waals surface area contributed by atoms with Crippen LogP contribution in [0.1, 0.15) is 44.4 Å². The lowest BCUT2D eigenvalue weighted by Gasteiger charge is -2.37. The third kappa shape index (κ3) is 5.95. The summed E-state index contributed by atoms with van der Waals surface area (Å²) in [6.07, 6.45) is 0.305. The molecule has 0 radical (unpaired) electrons. The molecule has 2 N–H and O–H groups in total. The monoisotopic (exact) mass is 483 g/mol. The number of aliphatic carboxylic acids is 1. The molecule has 1 heterocycles. The summed E-state index contributed by atoms with van der Waals surface area (Å²) in [7, 11) is 0. The van der Waals surface area contributed by atoms with Crippen LogP contribution in [-0.2, 0) is 20.8 Å². The molecule has 1 aliphatic heterocycles. The number of ether oxygens (including phenoxy) is 1. The number of fused-ring (bicyclic) bond motifs is 1. The van der Waals surface area contributed by atoms with Crippen LogP contribution in [0.3, 0.4) is 0 Å². The Labute approximate surface area is 203 Å². The molecule has 0 fully saturated rings. The van der Waals surface area contributed by atoms with E-state index >= 15 is 0 Å². The summed E-state index contributed by atoms with van der Waals surface area (Å²) in [5.41, 5.74) is 0.897. The average Bonchev–Trinajstić information content (AvgIpc) is 3.22. The lowest BCUT2D eigenvalue weighted by atomic mass is 9.95. The first-order chi connectivity index (χ1) is 16.6. The SMILES string of the molecule is CC(=O)NC(Cc1ccccc1)C(=O)N([C@@H]1COc2c1cccc2[N+](=O)[O-])[C@@H](CC(C)C)C(=O)O. The molecule has 2 aromatic rings. The average molecular weight is 484 g/mol. The van der Waals surface area contributed by atoms with Crippen LogP contribution in [0.25, 0.3) is 0 Å². The highest BCUT2D eigenvalue weighted by molar-refractivity contribution is 5.91. The minimum atomic E-state index is -1.23. The van der Waals surface area contributed by atoms with Gasteiger partial charge in [0.1, 0.15) is 18.7 Å². The number of rotatable bonds is 10. The van der Waals surface area contributed by atoms with Crippen molar-refractivity contribution in [3.63, 3.8) is 0 Å². The van der Waals surface area contributed by atoms with E-state index in [9.17, 15) is 29.6 Å². The first-order valence-electron chi connectivity index (χ1n) is 11.4. The van der Waals surface area contributed by atoms with Crippen LogP contribution in [-0.4, -0.2) is 51.4 Å². The summed E-state index contributed by atoms with van der Waals surface area (Å²) in [6, 6.07) is 10.3. The molecule has 186 valence electrons. The number of nitrogens with one attached hydrogen (secondary N) is 1. The van der Waals surface area contributed by atoms with E-state index in [1.807, 2.05) is 32.0 Å². The van der Waals surface area contributed by atoms with Gasteiger partial charge in [0, 0.05) is 25.0 Å². The van der Waals surface area contributed by atoms with Gasteiger partial charge in [-0.15, -0.1) is 0 Å². The lowest BCUT2D eigenvalue weighted by Crippen LogP contribution is -2.56. The smallest absolute Gasteiger partial charge is 0.326 e. The van der Waals surface area contributed by atoms with Gasteiger partial charge in [0.2, 0.25) is 17.6 Å². The minimum Gasteiger partial charge on any atom is -0.484 e. The second kappa shape index (κ2) is 11.0. The molecule has 3 atom stereocenters. The number of benzene rings is 2. The summed E-state index contributed by atoms with van der Waals surface area (Å²) in [5, 5.41) is 24.3. The number of carboxylic acid groups (broad SMARTS) is 1. The van der Waals surface area contributed by atoms with Gasteiger partial charge in [-0.2, -0.15) is 0 Å². The Kier molecular flexibility index (Phi) is 8.06. The molecule has 0 aliphatic carbocycles. The molecule has 0 saturated carbocycles. The Morgan fingerprint density at radius 2 is 1.86 bits per heavy atom. The number of carbonyl (C=O) groups excluding carboxylic acids is 2. The van der Waals surface area contributed by atoms with E-state index < -0.39 is 40.8 Å². The fraction of sp³-hybridized carbons (Fsp3) is 0.400. The Bertz CT molecular complexity index is 1100. The number of nitro groups is 1. The van der Waals surface area contributed by atoms with E-state index in [1.54, 1.807) is 18.2 Å². The van der Waals surface area contributed by atoms with Gasteiger partial charge in [0.25, 0.3) is 0 Å². The van der Waals surface area contributed by atoms with Crippen molar-refractivity contribution in [3.8, 4) is 5.75 Å².